The zero-order valence-corrected chi connectivity index (χ0v) is 11.5. The van der Waals surface area contributed by atoms with Crippen LogP contribution < -0.4 is 10.1 Å². The summed E-state index contributed by atoms with van der Waals surface area (Å²) in [6, 6.07) is 4.99. The van der Waals surface area contributed by atoms with Gasteiger partial charge in [0.2, 0.25) is 5.91 Å². The second-order valence-corrected chi connectivity index (χ2v) is 4.59. The van der Waals surface area contributed by atoms with E-state index in [0.29, 0.717) is 35.4 Å². The van der Waals surface area contributed by atoms with Gasteiger partial charge in [-0.1, -0.05) is 23.2 Å². The molecule has 0 aromatic heterocycles. The van der Waals surface area contributed by atoms with Crippen LogP contribution in [0.1, 0.15) is 13.3 Å². The molecule has 18 heavy (non-hydrogen) atoms. The first kappa shape index (κ1) is 15.1. The quantitative estimate of drug-likeness (QED) is 0.791. The summed E-state index contributed by atoms with van der Waals surface area (Å²) < 4.78 is 5.43. The molecule has 1 aromatic rings. The Bertz CT molecular complexity index is 410. The van der Waals surface area contributed by atoms with E-state index in [2.05, 4.69) is 5.32 Å². The van der Waals surface area contributed by atoms with E-state index in [-0.39, 0.29) is 5.91 Å². The predicted octanol–water partition coefficient (Wildman–Crippen LogP) is 2.26. The smallest absolute Gasteiger partial charge is 0.248 e. The first-order chi connectivity index (χ1) is 8.50. The molecule has 0 saturated carbocycles. The average Bonchev–Trinajstić information content (AvgIpc) is 2.30. The van der Waals surface area contributed by atoms with Crippen LogP contribution in [-0.2, 0) is 4.79 Å². The number of aliphatic hydroxyl groups is 1. The Hall–Kier alpha value is -0.970. The van der Waals surface area contributed by atoms with E-state index in [0.717, 1.165) is 0 Å². The molecule has 0 aliphatic carbocycles. The summed E-state index contributed by atoms with van der Waals surface area (Å²) in [4.78, 5) is 11.0. The van der Waals surface area contributed by atoms with Crippen molar-refractivity contribution in [3.8, 4) is 5.75 Å². The molecule has 0 bridgehead atoms. The average molecular weight is 292 g/mol. The van der Waals surface area contributed by atoms with Crippen molar-refractivity contribution in [2.45, 2.75) is 19.4 Å². The van der Waals surface area contributed by atoms with Gasteiger partial charge in [0.25, 0.3) is 0 Å². The van der Waals surface area contributed by atoms with Gasteiger partial charge in [-0.25, -0.2) is 0 Å². The molecule has 4 nitrogen and oxygen atoms in total. The molecule has 1 rings (SSSR count). The molecule has 1 atom stereocenters. The molecule has 1 aromatic carbocycles. The number of amides is 1. The highest BCUT2D eigenvalue weighted by Crippen LogP contribution is 2.27. The van der Waals surface area contributed by atoms with Gasteiger partial charge in [-0.15, -0.1) is 0 Å². The molecule has 1 unspecified atom stereocenters. The van der Waals surface area contributed by atoms with E-state index in [1.807, 2.05) is 0 Å². The Morgan fingerprint density at radius 2 is 2.22 bits per heavy atom. The van der Waals surface area contributed by atoms with Gasteiger partial charge in [-0.2, -0.15) is 0 Å². The van der Waals surface area contributed by atoms with Crippen LogP contribution in [-0.4, -0.2) is 30.3 Å². The van der Waals surface area contributed by atoms with E-state index in [1.54, 1.807) is 18.2 Å². The Morgan fingerprint density at radius 3 is 2.83 bits per heavy atom. The largest absolute Gasteiger partial charge is 0.492 e. The van der Waals surface area contributed by atoms with E-state index < -0.39 is 6.10 Å². The lowest BCUT2D eigenvalue weighted by Crippen LogP contribution is -2.33. The Morgan fingerprint density at radius 1 is 1.50 bits per heavy atom. The number of carbonyl (C=O) groups is 1. The normalized spacial score (nSPS) is 12.0. The summed E-state index contributed by atoms with van der Waals surface area (Å²) in [6.45, 7) is 2.27. The van der Waals surface area contributed by atoms with Crippen LogP contribution >= 0.6 is 23.2 Å². The van der Waals surface area contributed by atoms with Crippen molar-refractivity contribution in [2.75, 3.05) is 13.2 Å². The zero-order valence-electron chi connectivity index (χ0n) is 9.95. The molecular weight excluding hydrogens is 277 g/mol. The van der Waals surface area contributed by atoms with Gasteiger partial charge >= 0.3 is 0 Å². The predicted molar refractivity (Wildman–Crippen MR) is 71.3 cm³/mol. The standard InChI is InChI=1S/C12H15Cl2NO3/c1-8(16)12(17)15-5-2-6-18-11-4-3-9(13)7-10(11)14/h3-4,7-8,16H,2,5-6H2,1H3,(H,15,17). The summed E-state index contributed by atoms with van der Waals surface area (Å²) in [7, 11) is 0. The lowest BCUT2D eigenvalue weighted by Gasteiger charge is -2.09. The van der Waals surface area contributed by atoms with Gasteiger partial charge in [0, 0.05) is 11.6 Å². The monoisotopic (exact) mass is 291 g/mol. The molecular formula is C12H15Cl2NO3. The van der Waals surface area contributed by atoms with E-state index in [4.69, 9.17) is 33.0 Å². The lowest BCUT2D eigenvalue weighted by molar-refractivity contribution is -0.128. The number of hydrogen-bond acceptors (Lipinski definition) is 3. The minimum atomic E-state index is -0.989. The van der Waals surface area contributed by atoms with Crippen LogP contribution in [0, 0.1) is 0 Å². The summed E-state index contributed by atoms with van der Waals surface area (Å²) in [5.74, 6) is 0.169. The zero-order chi connectivity index (χ0) is 13.5. The van der Waals surface area contributed by atoms with Gasteiger partial charge in [0.15, 0.2) is 0 Å². The number of rotatable bonds is 6. The molecule has 0 fully saturated rings. The maximum Gasteiger partial charge on any atom is 0.248 e. The number of benzene rings is 1. The number of carbonyl (C=O) groups excluding carboxylic acids is 1. The Kier molecular flexibility index (Phi) is 6.25. The number of hydrogen-bond donors (Lipinski definition) is 2. The van der Waals surface area contributed by atoms with Crippen molar-refractivity contribution < 1.29 is 14.6 Å². The van der Waals surface area contributed by atoms with Crippen LogP contribution in [0.4, 0.5) is 0 Å². The van der Waals surface area contributed by atoms with Crippen molar-refractivity contribution in [1.29, 1.82) is 0 Å². The van der Waals surface area contributed by atoms with Crippen molar-refractivity contribution in [1.82, 2.24) is 5.32 Å². The van der Waals surface area contributed by atoms with Gasteiger partial charge in [0.05, 0.1) is 11.6 Å². The van der Waals surface area contributed by atoms with E-state index in [1.165, 1.54) is 6.92 Å². The third-order valence-electron chi connectivity index (χ3n) is 2.15. The first-order valence-electron chi connectivity index (χ1n) is 5.54. The van der Waals surface area contributed by atoms with Crippen molar-refractivity contribution in [2.24, 2.45) is 0 Å². The van der Waals surface area contributed by atoms with Crippen molar-refractivity contribution in [3.63, 3.8) is 0 Å². The van der Waals surface area contributed by atoms with Crippen molar-refractivity contribution >= 4 is 29.1 Å². The molecule has 1 amide bonds. The Balaban J connectivity index is 2.24. The lowest BCUT2D eigenvalue weighted by atomic mass is 10.3. The highest BCUT2D eigenvalue weighted by molar-refractivity contribution is 6.35. The van der Waals surface area contributed by atoms with Gasteiger partial charge in [0.1, 0.15) is 11.9 Å². The van der Waals surface area contributed by atoms with E-state index in [9.17, 15) is 4.79 Å². The fourth-order valence-electron chi connectivity index (χ4n) is 1.21. The van der Waals surface area contributed by atoms with Crippen LogP contribution in [0.3, 0.4) is 0 Å². The number of nitrogens with one attached hydrogen (secondary N) is 1. The second kappa shape index (κ2) is 7.46. The van der Waals surface area contributed by atoms with E-state index >= 15 is 0 Å². The molecule has 0 saturated heterocycles. The summed E-state index contributed by atoms with van der Waals surface area (Å²) in [6.07, 6.45) is -0.367. The maximum absolute atomic E-state index is 11.0. The SMILES string of the molecule is CC(O)C(=O)NCCCOc1ccc(Cl)cc1Cl. The maximum atomic E-state index is 11.0. The molecule has 0 heterocycles. The molecule has 0 radical (unpaired) electrons. The van der Waals surface area contributed by atoms with Gasteiger partial charge in [-0.05, 0) is 31.5 Å². The molecule has 100 valence electrons. The third-order valence-corrected chi connectivity index (χ3v) is 2.68. The number of aliphatic hydroxyl groups excluding tert-OH is 1. The topological polar surface area (TPSA) is 58.6 Å². The van der Waals surface area contributed by atoms with Gasteiger partial charge < -0.3 is 15.2 Å². The number of ether oxygens (including phenoxy) is 1. The molecule has 6 heteroatoms. The third kappa shape index (κ3) is 5.12. The molecule has 0 aliphatic rings. The fourth-order valence-corrected chi connectivity index (χ4v) is 1.67. The van der Waals surface area contributed by atoms with Crippen molar-refractivity contribution in [3.05, 3.63) is 28.2 Å². The van der Waals surface area contributed by atoms with Crippen LogP contribution in [0.25, 0.3) is 0 Å². The minimum absolute atomic E-state index is 0.389. The first-order valence-corrected chi connectivity index (χ1v) is 6.30. The minimum Gasteiger partial charge on any atom is -0.492 e. The second-order valence-electron chi connectivity index (χ2n) is 3.74. The Labute approximate surface area is 116 Å². The molecule has 0 spiro atoms. The highest BCUT2D eigenvalue weighted by atomic mass is 35.5. The fraction of sp³-hybridized carbons (Fsp3) is 0.417. The molecule has 0 aliphatic heterocycles. The summed E-state index contributed by atoms with van der Waals surface area (Å²) in [5.41, 5.74) is 0. The van der Waals surface area contributed by atoms with Crippen LogP contribution in [0.15, 0.2) is 18.2 Å². The number of halogens is 2. The summed E-state index contributed by atoms with van der Waals surface area (Å²) in [5, 5.41) is 12.5. The van der Waals surface area contributed by atoms with Gasteiger partial charge in [-0.3, -0.25) is 4.79 Å². The van der Waals surface area contributed by atoms with Crippen LogP contribution in [0.2, 0.25) is 10.0 Å². The summed E-state index contributed by atoms with van der Waals surface area (Å²) >= 11 is 11.7. The molecule has 2 N–H and O–H groups in total. The highest BCUT2D eigenvalue weighted by Gasteiger charge is 2.07. The van der Waals surface area contributed by atoms with Crippen LogP contribution in [0.5, 0.6) is 5.75 Å².